The van der Waals surface area contributed by atoms with Crippen LogP contribution in [0.1, 0.15) is 29.0 Å². The van der Waals surface area contributed by atoms with Gasteiger partial charge in [-0.15, -0.1) is 0 Å². The lowest BCUT2D eigenvalue weighted by molar-refractivity contribution is -0.130. The minimum atomic E-state index is -0.00456. The highest BCUT2D eigenvalue weighted by molar-refractivity contribution is 5.94. The molecular formula is C22H19N3O3. The van der Waals surface area contributed by atoms with Crippen LogP contribution in [0, 0.1) is 0 Å². The molecule has 2 amide bonds. The van der Waals surface area contributed by atoms with Crippen molar-refractivity contribution >= 4 is 34.7 Å². The zero-order chi connectivity index (χ0) is 19.1. The van der Waals surface area contributed by atoms with E-state index in [1.54, 1.807) is 18.3 Å². The molecule has 28 heavy (non-hydrogen) atoms. The second-order valence-corrected chi connectivity index (χ2v) is 7.29. The Hall–Kier alpha value is -3.41. The fraction of sp³-hybridized carbons (Fsp3) is 0.227. The van der Waals surface area contributed by atoms with Gasteiger partial charge in [0, 0.05) is 48.7 Å². The van der Waals surface area contributed by atoms with Crippen LogP contribution in [0.4, 0.5) is 5.82 Å². The molecule has 0 saturated carbocycles. The number of likely N-dealkylation sites (tertiary alicyclic amines) is 1. The first-order valence-electron chi connectivity index (χ1n) is 9.39. The van der Waals surface area contributed by atoms with Gasteiger partial charge in [-0.2, -0.15) is 0 Å². The van der Waals surface area contributed by atoms with Gasteiger partial charge in [-0.3, -0.25) is 9.59 Å². The van der Waals surface area contributed by atoms with Crippen LogP contribution in [-0.4, -0.2) is 34.8 Å². The molecule has 3 aromatic rings. The molecule has 1 saturated heterocycles. The molecule has 2 aliphatic rings. The number of amides is 2. The number of para-hydroxylation sites is 1. The van der Waals surface area contributed by atoms with E-state index in [0.29, 0.717) is 37.7 Å². The van der Waals surface area contributed by atoms with E-state index in [1.165, 1.54) is 5.56 Å². The molecule has 0 unspecified atom stereocenters. The second-order valence-electron chi connectivity index (χ2n) is 7.29. The Labute approximate surface area is 161 Å². The SMILES string of the molecule is O=C1CCc2cc(/C=C/C(=O)N3CC(c4coc5ccccc45)C3)cnc2N1. The molecule has 140 valence electrons. The summed E-state index contributed by atoms with van der Waals surface area (Å²) >= 11 is 0. The molecule has 4 heterocycles. The Morgan fingerprint density at radius 2 is 2.11 bits per heavy atom. The molecule has 6 nitrogen and oxygen atoms in total. The number of carbonyl (C=O) groups is 2. The topological polar surface area (TPSA) is 75.4 Å². The van der Waals surface area contributed by atoms with Crippen LogP contribution in [0.15, 0.2) is 53.3 Å². The highest BCUT2D eigenvalue weighted by Crippen LogP contribution is 2.33. The van der Waals surface area contributed by atoms with Crippen molar-refractivity contribution in [2.75, 3.05) is 18.4 Å². The minimum absolute atomic E-state index is 0.00351. The molecule has 1 N–H and O–H groups in total. The summed E-state index contributed by atoms with van der Waals surface area (Å²) in [5.74, 6) is 0.930. The van der Waals surface area contributed by atoms with Crippen LogP contribution in [0.25, 0.3) is 17.0 Å². The predicted octanol–water partition coefficient (Wildman–Crippen LogP) is 3.35. The fourth-order valence-corrected chi connectivity index (χ4v) is 3.81. The number of fused-ring (bicyclic) bond motifs is 2. The van der Waals surface area contributed by atoms with Gasteiger partial charge in [-0.05, 0) is 35.8 Å². The van der Waals surface area contributed by atoms with Crippen LogP contribution in [0.3, 0.4) is 0 Å². The van der Waals surface area contributed by atoms with Crippen LogP contribution >= 0.6 is 0 Å². The van der Waals surface area contributed by atoms with Crippen LogP contribution in [0.2, 0.25) is 0 Å². The van der Waals surface area contributed by atoms with Crippen molar-refractivity contribution in [3.63, 3.8) is 0 Å². The molecule has 0 spiro atoms. The smallest absolute Gasteiger partial charge is 0.246 e. The third-order valence-corrected chi connectivity index (χ3v) is 5.43. The number of hydrogen-bond donors (Lipinski definition) is 1. The summed E-state index contributed by atoms with van der Waals surface area (Å²) in [7, 11) is 0. The zero-order valence-corrected chi connectivity index (χ0v) is 15.2. The van der Waals surface area contributed by atoms with Crippen LogP contribution in [-0.2, 0) is 16.0 Å². The number of aromatic nitrogens is 1. The van der Waals surface area contributed by atoms with Crippen molar-refractivity contribution in [3.8, 4) is 0 Å². The van der Waals surface area contributed by atoms with E-state index in [-0.39, 0.29) is 11.8 Å². The number of hydrogen-bond acceptors (Lipinski definition) is 4. The van der Waals surface area contributed by atoms with Gasteiger partial charge in [0.2, 0.25) is 11.8 Å². The van der Waals surface area contributed by atoms with E-state index in [1.807, 2.05) is 35.4 Å². The van der Waals surface area contributed by atoms with Gasteiger partial charge in [0.25, 0.3) is 0 Å². The third-order valence-electron chi connectivity index (χ3n) is 5.43. The Kier molecular flexibility index (Phi) is 3.97. The number of furan rings is 1. The Morgan fingerprint density at radius 1 is 1.25 bits per heavy atom. The summed E-state index contributed by atoms with van der Waals surface area (Å²) in [4.78, 5) is 30.0. The molecule has 2 aliphatic heterocycles. The summed E-state index contributed by atoms with van der Waals surface area (Å²) in [6.45, 7) is 1.39. The van der Waals surface area contributed by atoms with Gasteiger partial charge < -0.3 is 14.6 Å². The maximum absolute atomic E-state index is 12.4. The van der Waals surface area contributed by atoms with Gasteiger partial charge in [-0.25, -0.2) is 4.98 Å². The third kappa shape index (κ3) is 2.97. The van der Waals surface area contributed by atoms with Crippen molar-refractivity contribution in [3.05, 3.63) is 65.6 Å². The van der Waals surface area contributed by atoms with Crippen LogP contribution in [0.5, 0.6) is 0 Å². The van der Waals surface area contributed by atoms with Crippen molar-refractivity contribution in [2.45, 2.75) is 18.8 Å². The average Bonchev–Trinajstić information content (AvgIpc) is 3.09. The Bertz CT molecular complexity index is 1110. The largest absolute Gasteiger partial charge is 0.464 e. The summed E-state index contributed by atoms with van der Waals surface area (Å²) < 4.78 is 5.61. The fourth-order valence-electron chi connectivity index (χ4n) is 3.81. The first-order valence-corrected chi connectivity index (χ1v) is 9.39. The minimum Gasteiger partial charge on any atom is -0.464 e. The highest BCUT2D eigenvalue weighted by Gasteiger charge is 2.32. The lowest BCUT2D eigenvalue weighted by Gasteiger charge is -2.38. The molecule has 2 aromatic heterocycles. The number of rotatable bonds is 3. The molecule has 6 heteroatoms. The quantitative estimate of drug-likeness (QED) is 0.715. The van der Waals surface area contributed by atoms with E-state index in [9.17, 15) is 9.59 Å². The highest BCUT2D eigenvalue weighted by atomic mass is 16.3. The lowest BCUT2D eigenvalue weighted by Crippen LogP contribution is -2.47. The van der Waals surface area contributed by atoms with E-state index >= 15 is 0 Å². The molecule has 0 bridgehead atoms. The summed E-state index contributed by atoms with van der Waals surface area (Å²) in [5, 5.41) is 3.89. The molecule has 5 rings (SSSR count). The summed E-state index contributed by atoms with van der Waals surface area (Å²) in [6, 6.07) is 9.96. The Balaban J connectivity index is 1.23. The molecule has 0 aliphatic carbocycles. The van der Waals surface area contributed by atoms with E-state index < -0.39 is 0 Å². The molecule has 1 fully saturated rings. The van der Waals surface area contributed by atoms with Gasteiger partial charge in [0.15, 0.2) is 0 Å². The number of pyridine rings is 1. The van der Waals surface area contributed by atoms with Crippen molar-refractivity contribution in [1.82, 2.24) is 9.88 Å². The maximum atomic E-state index is 12.4. The Morgan fingerprint density at radius 3 is 3.00 bits per heavy atom. The number of aryl methyl sites for hydroxylation is 1. The number of nitrogens with zero attached hydrogens (tertiary/aromatic N) is 2. The molecule has 0 atom stereocenters. The van der Waals surface area contributed by atoms with Gasteiger partial charge in [-0.1, -0.05) is 18.2 Å². The monoisotopic (exact) mass is 373 g/mol. The van der Waals surface area contributed by atoms with E-state index in [4.69, 9.17) is 4.42 Å². The lowest BCUT2D eigenvalue weighted by atomic mass is 9.91. The van der Waals surface area contributed by atoms with E-state index in [2.05, 4.69) is 16.4 Å². The molecule has 1 aromatic carbocycles. The molecule has 0 radical (unpaired) electrons. The number of anilines is 1. The molecular weight excluding hydrogens is 354 g/mol. The average molecular weight is 373 g/mol. The summed E-state index contributed by atoms with van der Waals surface area (Å²) in [5.41, 5.74) is 3.93. The van der Waals surface area contributed by atoms with Gasteiger partial charge >= 0.3 is 0 Å². The van der Waals surface area contributed by atoms with Crippen molar-refractivity contribution < 1.29 is 14.0 Å². The zero-order valence-electron chi connectivity index (χ0n) is 15.2. The number of benzene rings is 1. The van der Waals surface area contributed by atoms with Crippen molar-refractivity contribution in [2.24, 2.45) is 0 Å². The predicted molar refractivity (Wildman–Crippen MR) is 106 cm³/mol. The standard InChI is InChI=1S/C22H19N3O3/c26-20-7-6-15-9-14(10-23-22(15)24-20)5-8-21(27)25-11-16(12-25)18-13-28-19-4-2-1-3-17(18)19/h1-5,8-10,13,16H,6-7,11-12H2,(H,23,24,26)/b8-5+. The van der Waals surface area contributed by atoms with Gasteiger partial charge in [0.05, 0.1) is 6.26 Å². The van der Waals surface area contributed by atoms with Gasteiger partial charge in [0.1, 0.15) is 11.4 Å². The van der Waals surface area contributed by atoms with Crippen LogP contribution < -0.4 is 5.32 Å². The summed E-state index contributed by atoms with van der Waals surface area (Å²) in [6.07, 6.45) is 8.01. The first kappa shape index (κ1) is 16.7. The first-order chi connectivity index (χ1) is 13.7. The second kappa shape index (κ2) is 6.64. The van der Waals surface area contributed by atoms with Crippen molar-refractivity contribution in [1.29, 1.82) is 0 Å². The number of nitrogens with one attached hydrogen (secondary N) is 1. The maximum Gasteiger partial charge on any atom is 0.246 e. The normalized spacial score (nSPS) is 16.9. The van der Waals surface area contributed by atoms with E-state index in [0.717, 1.165) is 22.1 Å². The number of carbonyl (C=O) groups excluding carboxylic acids is 2.